The molecule has 0 bridgehead atoms. The Morgan fingerprint density at radius 2 is 2.16 bits per heavy atom. The number of nitrogens with zero attached hydrogens (tertiary/aromatic N) is 1. The Hall–Kier alpha value is -1.55. The maximum atomic E-state index is 12.3. The van der Waals surface area contributed by atoms with Gasteiger partial charge in [0.1, 0.15) is 5.60 Å². The zero-order valence-electron chi connectivity index (χ0n) is 12.0. The molecule has 2 rings (SSSR count). The molecule has 0 amide bonds. The Morgan fingerprint density at radius 1 is 1.47 bits per heavy atom. The van der Waals surface area contributed by atoms with Crippen LogP contribution in [0.5, 0.6) is 0 Å². The van der Waals surface area contributed by atoms with Crippen LogP contribution in [0.4, 0.5) is 4.79 Å². The molecule has 0 aliphatic heterocycles. The smallest absolute Gasteiger partial charge is 0.419 e. The summed E-state index contributed by atoms with van der Waals surface area (Å²) in [6.45, 7) is 7.37. The first-order chi connectivity index (χ1) is 8.83. The molecular weight excluding hydrogens is 242 g/mol. The zero-order valence-corrected chi connectivity index (χ0v) is 12.0. The molecule has 4 nitrogen and oxygen atoms in total. The summed E-state index contributed by atoms with van der Waals surface area (Å²) in [7, 11) is 0. The molecule has 0 spiro atoms. The second kappa shape index (κ2) is 4.85. The van der Waals surface area contributed by atoms with Gasteiger partial charge in [0.05, 0.1) is 12.3 Å². The van der Waals surface area contributed by atoms with E-state index in [4.69, 9.17) is 4.74 Å². The lowest BCUT2D eigenvalue weighted by atomic mass is 9.98. The van der Waals surface area contributed by atoms with Crippen LogP contribution in [0.25, 0.3) is 5.57 Å². The second-order valence-corrected chi connectivity index (χ2v) is 5.90. The van der Waals surface area contributed by atoms with Gasteiger partial charge >= 0.3 is 6.09 Å². The van der Waals surface area contributed by atoms with Crippen LogP contribution in [0.15, 0.2) is 12.1 Å². The van der Waals surface area contributed by atoms with E-state index in [1.807, 2.05) is 33.8 Å². The van der Waals surface area contributed by atoms with Gasteiger partial charge in [-0.3, -0.25) is 4.57 Å². The van der Waals surface area contributed by atoms with Crippen molar-refractivity contribution in [3.8, 4) is 0 Å². The molecule has 1 N–H and O–H groups in total. The molecule has 0 unspecified atom stereocenters. The lowest BCUT2D eigenvalue weighted by Crippen LogP contribution is -2.29. The minimum Gasteiger partial charge on any atom is -0.443 e. The molecule has 0 radical (unpaired) electrons. The molecule has 0 fully saturated rings. The van der Waals surface area contributed by atoms with Crippen molar-refractivity contribution in [1.82, 2.24) is 4.57 Å². The Kier molecular flexibility index (Phi) is 3.54. The van der Waals surface area contributed by atoms with Crippen molar-refractivity contribution in [2.75, 3.05) is 0 Å². The number of ether oxygens (including phenoxy) is 1. The van der Waals surface area contributed by atoms with Crippen LogP contribution < -0.4 is 0 Å². The van der Waals surface area contributed by atoms with Gasteiger partial charge in [-0.05, 0) is 57.7 Å². The highest BCUT2D eigenvalue weighted by atomic mass is 16.6. The quantitative estimate of drug-likeness (QED) is 0.847. The van der Waals surface area contributed by atoms with Crippen molar-refractivity contribution >= 4 is 11.7 Å². The first kappa shape index (κ1) is 13.9. The maximum absolute atomic E-state index is 12.3. The fourth-order valence-electron chi connectivity index (χ4n) is 2.38. The Bertz CT molecular complexity index is 532. The van der Waals surface area contributed by atoms with E-state index in [-0.39, 0.29) is 6.61 Å². The minimum atomic E-state index is -0.541. The Morgan fingerprint density at radius 3 is 2.74 bits per heavy atom. The number of fused-ring (bicyclic) bond motifs is 1. The van der Waals surface area contributed by atoms with Crippen LogP contribution in [0, 0.1) is 0 Å². The van der Waals surface area contributed by atoms with Gasteiger partial charge in [-0.15, -0.1) is 0 Å². The average Bonchev–Trinajstić information content (AvgIpc) is 2.66. The van der Waals surface area contributed by atoms with Gasteiger partial charge in [0.2, 0.25) is 0 Å². The highest BCUT2D eigenvalue weighted by Crippen LogP contribution is 2.30. The normalized spacial score (nSPS) is 14.9. The monoisotopic (exact) mass is 263 g/mol. The van der Waals surface area contributed by atoms with Gasteiger partial charge in [0.25, 0.3) is 0 Å². The van der Waals surface area contributed by atoms with Crippen LogP contribution in [0.2, 0.25) is 0 Å². The number of aliphatic hydroxyl groups excluding tert-OH is 1. The minimum absolute atomic E-state index is 0.167. The van der Waals surface area contributed by atoms with E-state index >= 15 is 0 Å². The van der Waals surface area contributed by atoms with E-state index < -0.39 is 11.7 Å². The van der Waals surface area contributed by atoms with Crippen molar-refractivity contribution in [2.24, 2.45) is 0 Å². The fraction of sp³-hybridized carbons (Fsp3) is 0.533. The van der Waals surface area contributed by atoms with Crippen LogP contribution in [-0.2, 0) is 17.8 Å². The van der Waals surface area contributed by atoms with E-state index in [1.165, 1.54) is 4.57 Å². The van der Waals surface area contributed by atoms with Gasteiger partial charge in [-0.2, -0.15) is 0 Å². The first-order valence-electron chi connectivity index (χ1n) is 6.58. The first-order valence-corrected chi connectivity index (χ1v) is 6.58. The molecule has 1 aromatic rings. The van der Waals surface area contributed by atoms with Crippen molar-refractivity contribution in [1.29, 1.82) is 0 Å². The van der Waals surface area contributed by atoms with E-state index in [1.54, 1.807) is 0 Å². The molecule has 19 heavy (non-hydrogen) atoms. The number of hydrogen-bond acceptors (Lipinski definition) is 3. The van der Waals surface area contributed by atoms with Crippen LogP contribution >= 0.6 is 0 Å². The number of aliphatic hydroxyl groups is 1. The molecule has 0 atom stereocenters. The summed E-state index contributed by atoms with van der Waals surface area (Å²) >= 11 is 0. The van der Waals surface area contributed by atoms with Gasteiger partial charge in [-0.1, -0.05) is 6.08 Å². The predicted molar refractivity (Wildman–Crippen MR) is 74.0 cm³/mol. The average molecular weight is 263 g/mol. The second-order valence-electron chi connectivity index (χ2n) is 5.90. The van der Waals surface area contributed by atoms with E-state index in [9.17, 15) is 9.90 Å². The van der Waals surface area contributed by atoms with Gasteiger partial charge in [0, 0.05) is 5.69 Å². The molecule has 1 heterocycles. The Labute approximate surface area is 113 Å². The third kappa shape index (κ3) is 2.73. The van der Waals surface area contributed by atoms with E-state index in [2.05, 4.69) is 6.08 Å². The molecule has 0 saturated carbocycles. The number of hydrogen-bond donors (Lipinski definition) is 1. The summed E-state index contributed by atoms with van der Waals surface area (Å²) in [5.74, 6) is 0. The van der Waals surface area contributed by atoms with Gasteiger partial charge in [-0.25, -0.2) is 4.79 Å². The third-order valence-corrected chi connectivity index (χ3v) is 3.17. The van der Waals surface area contributed by atoms with E-state index in [0.717, 1.165) is 29.7 Å². The summed E-state index contributed by atoms with van der Waals surface area (Å²) in [5.41, 5.74) is 3.19. The zero-order chi connectivity index (χ0) is 14.2. The maximum Gasteiger partial charge on any atom is 0.419 e. The van der Waals surface area contributed by atoms with Gasteiger partial charge < -0.3 is 9.84 Å². The van der Waals surface area contributed by atoms with Gasteiger partial charge in [0.15, 0.2) is 0 Å². The molecular formula is C15H21NO3. The van der Waals surface area contributed by atoms with Crippen molar-refractivity contribution in [3.63, 3.8) is 0 Å². The molecule has 1 aromatic heterocycles. The van der Waals surface area contributed by atoms with E-state index in [0.29, 0.717) is 5.69 Å². The number of carbonyl (C=O) groups excluding carboxylic acids is 1. The molecule has 0 saturated heterocycles. The fourth-order valence-corrected chi connectivity index (χ4v) is 2.38. The lowest BCUT2D eigenvalue weighted by molar-refractivity contribution is 0.0521. The number of rotatable bonds is 1. The SMILES string of the molecule is CC1=CCCc2c1cc(CO)n2C(=O)OC(C)(C)C. The summed E-state index contributed by atoms with van der Waals surface area (Å²) in [6.07, 6.45) is 3.46. The summed E-state index contributed by atoms with van der Waals surface area (Å²) in [5, 5.41) is 9.45. The molecule has 104 valence electrons. The predicted octanol–water partition coefficient (Wildman–Crippen LogP) is 3.11. The summed E-state index contributed by atoms with van der Waals surface area (Å²) in [6, 6.07) is 1.88. The lowest BCUT2D eigenvalue weighted by Gasteiger charge is -2.22. The third-order valence-electron chi connectivity index (χ3n) is 3.17. The summed E-state index contributed by atoms with van der Waals surface area (Å²) < 4.78 is 6.94. The van der Waals surface area contributed by atoms with Crippen LogP contribution in [0.1, 0.15) is 51.1 Å². The topological polar surface area (TPSA) is 51.5 Å². The van der Waals surface area contributed by atoms with Crippen molar-refractivity contribution in [3.05, 3.63) is 29.1 Å². The number of allylic oxidation sites excluding steroid dienone is 2. The molecule has 1 aliphatic rings. The Balaban J connectivity index is 2.45. The van der Waals surface area contributed by atoms with Crippen LogP contribution in [0.3, 0.4) is 0 Å². The number of carbonyl (C=O) groups is 1. The summed E-state index contributed by atoms with van der Waals surface area (Å²) in [4.78, 5) is 12.3. The largest absolute Gasteiger partial charge is 0.443 e. The van der Waals surface area contributed by atoms with Crippen molar-refractivity contribution < 1.29 is 14.6 Å². The molecule has 4 heteroatoms. The number of aromatic nitrogens is 1. The highest BCUT2D eigenvalue weighted by Gasteiger charge is 2.25. The molecule has 1 aliphatic carbocycles. The molecule has 0 aromatic carbocycles. The highest BCUT2D eigenvalue weighted by molar-refractivity contribution is 5.78. The van der Waals surface area contributed by atoms with Crippen LogP contribution in [-0.4, -0.2) is 21.4 Å². The standard InChI is InChI=1S/C15H21NO3/c1-10-6-5-7-13-12(10)8-11(9-17)16(13)14(18)19-15(2,3)4/h6,8,17H,5,7,9H2,1-4H3. The van der Waals surface area contributed by atoms with Crippen molar-refractivity contribution in [2.45, 2.75) is 52.7 Å².